The van der Waals surface area contributed by atoms with Gasteiger partial charge in [0.1, 0.15) is 0 Å². The first-order chi connectivity index (χ1) is 9.90. The van der Waals surface area contributed by atoms with Crippen LogP contribution in [0.25, 0.3) is 0 Å². The molecule has 0 heterocycles. The van der Waals surface area contributed by atoms with Crippen LogP contribution in [0.2, 0.25) is 0 Å². The van der Waals surface area contributed by atoms with Crippen molar-refractivity contribution in [1.29, 1.82) is 0 Å². The minimum Gasteiger partial charge on any atom is -0.481 e. The fourth-order valence-electron chi connectivity index (χ4n) is 2.07. The van der Waals surface area contributed by atoms with Gasteiger partial charge in [-0.1, -0.05) is 32.9 Å². The first-order valence-electron chi connectivity index (χ1n) is 7.50. The summed E-state index contributed by atoms with van der Waals surface area (Å²) in [6.45, 7) is 6.82. The van der Waals surface area contributed by atoms with Gasteiger partial charge in [-0.2, -0.15) is 0 Å². The number of amides is 1. The van der Waals surface area contributed by atoms with E-state index in [0.29, 0.717) is 30.4 Å². The van der Waals surface area contributed by atoms with Gasteiger partial charge in [0.05, 0.1) is 0 Å². The number of rotatable bonds is 8. The van der Waals surface area contributed by atoms with E-state index >= 15 is 0 Å². The molecule has 0 fully saturated rings. The topological polar surface area (TPSA) is 66.4 Å². The van der Waals surface area contributed by atoms with E-state index in [9.17, 15) is 9.59 Å². The highest BCUT2D eigenvalue weighted by Gasteiger charge is 2.08. The van der Waals surface area contributed by atoms with E-state index in [0.717, 1.165) is 6.42 Å². The number of hydrogen-bond acceptors (Lipinski definition) is 2. The zero-order valence-electron chi connectivity index (χ0n) is 13.1. The van der Waals surface area contributed by atoms with Gasteiger partial charge in [0.2, 0.25) is 0 Å². The van der Waals surface area contributed by atoms with Crippen molar-refractivity contribution in [3.8, 4) is 0 Å². The summed E-state index contributed by atoms with van der Waals surface area (Å²) in [5.74, 6) is -0.0891. The van der Waals surface area contributed by atoms with E-state index in [1.165, 1.54) is 5.56 Å². The van der Waals surface area contributed by atoms with Crippen molar-refractivity contribution in [2.45, 2.75) is 46.0 Å². The van der Waals surface area contributed by atoms with Crippen molar-refractivity contribution in [1.82, 2.24) is 5.32 Å². The van der Waals surface area contributed by atoms with E-state index in [1.807, 2.05) is 31.2 Å². The molecular formula is C17H25NO3. The standard InChI is InChI=1S/C17H25NO3/c1-12(2)14-5-7-15(8-6-14)17(21)18-11-10-13(3)4-9-16(19)20/h5-8,12-13H,4,9-11H2,1-3H3,(H,18,21)(H,19,20). The van der Waals surface area contributed by atoms with Crippen LogP contribution in [0.15, 0.2) is 24.3 Å². The molecule has 1 aromatic rings. The second-order valence-corrected chi connectivity index (χ2v) is 5.86. The van der Waals surface area contributed by atoms with Crippen LogP contribution in [0.1, 0.15) is 61.9 Å². The highest BCUT2D eigenvalue weighted by Crippen LogP contribution is 2.14. The maximum Gasteiger partial charge on any atom is 0.303 e. The number of carboxylic acid groups (broad SMARTS) is 1. The first-order valence-corrected chi connectivity index (χ1v) is 7.50. The molecule has 0 aromatic heterocycles. The first kappa shape index (κ1) is 17.2. The maximum atomic E-state index is 12.0. The second kappa shape index (κ2) is 8.45. The molecule has 0 saturated heterocycles. The molecule has 116 valence electrons. The van der Waals surface area contributed by atoms with Crippen LogP contribution in [0.4, 0.5) is 0 Å². The van der Waals surface area contributed by atoms with Gasteiger partial charge >= 0.3 is 5.97 Å². The van der Waals surface area contributed by atoms with Crippen LogP contribution in [0, 0.1) is 5.92 Å². The summed E-state index contributed by atoms with van der Waals surface area (Å²) in [6, 6.07) is 7.65. The lowest BCUT2D eigenvalue weighted by molar-refractivity contribution is -0.137. The van der Waals surface area contributed by atoms with Gasteiger partial charge in [-0.3, -0.25) is 9.59 Å². The van der Waals surface area contributed by atoms with Crippen molar-refractivity contribution < 1.29 is 14.7 Å². The third-order valence-corrected chi connectivity index (χ3v) is 3.61. The number of carbonyl (C=O) groups excluding carboxylic acids is 1. The largest absolute Gasteiger partial charge is 0.481 e. The molecule has 0 aliphatic heterocycles. The minimum absolute atomic E-state index is 0.0734. The highest BCUT2D eigenvalue weighted by molar-refractivity contribution is 5.94. The van der Waals surface area contributed by atoms with E-state index in [2.05, 4.69) is 19.2 Å². The van der Waals surface area contributed by atoms with Crippen molar-refractivity contribution in [3.05, 3.63) is 35.4 Å². The molecule has 1 amide bonds. The number of aliphatic carboxylic acids is 1. The average molecular weight is 291 g/mol. The van der Waals surface area contributed by atoms with Gasteiger partial charge in [-0.25, -0.2) is 0 Å². The van der Waals surface area contributed by atoms with Crippen LogP contribution in [0.3, 0.4) is 0 Å². The summed E-state index contributed by atoms with van der Waals surface area (Å²) in [5.41, 5.74) is 1.88. The van der Waals surface area contributed by atoms with Gasteiger partial charge in [-0.05, 0) is 42.4 Å². The summed E-state index contributed by atoms with van der Waals surface area (Å²) in [4.78, 5) is 22.4. The third kappa shape index (κ3) is 6.43. The Balaban J connectivity index is 2.35. The highest BCUT2D eigenvalue weighted by atomic mass is 16.4. The van der Waals surface area contributed by atoms with Crippen LogP contribution < -0.4 is 5.32 Å². The SMILES string of the molecule is CC(CCNC(=O)c1ccc(C(C)C)cc1)CCC(=O)O. The van der Waals surface area contributed by atoms with E-state index < -0.39 is 5.97 Å². The van der Waals surface area contributed by atoms with Crippen LogP contribution in [-0.2, 0) is 4.79 Å². The summed E-state index contributed by atoms with van der Waals surface area (Å²) < 4.78 is 0. The predicted molar refractivity (Wildman–Crippen MR) is 83.5 cm³/mol. The average Bonchev–Trinajstić information content (AvgIpc) is 2.45. The van der Waals surface area contributed by atoms with E-state index in [1.54, 1.807) is 0 Å². The summed E-state index contributed by atoms with van der Waals surface area (Å²) in [7, 11) is 0. The number of benzene rings is 1. The van der Waals surface area contributed by atoms with Crippen LogP contribution in [-0.4, -0.2) is 23.5 Å². The molecule has 2 N–H and O–H groups in total. The van der Waals surface area contributed by atoms with Gasteiger partial charge in [-0.15, -0.1) is 0 Å². The Morgan fingerprint density at radius 3 is 2.24 bits per heavy atom. The molecule has 4 nitrogen and oxygen atoms in total. The van der Waals surface area contributed by atoms with Gasteiger partial charge in [0.15, 0.2) is 0 Å². The molecular weight excluding hydrogens is 266 g/mol. The number of nitrogens with one attached hydrogen (secondary N) is 1. The normalized spacial score (nSPS) is 12.2. The summed E-state index contributed by atoms with van der Waals surface area (Å²) >= 11 is 0. The lowest BCUT2D eigenvalue weighted by Gasteiger charge is -2.11. The molecule has 1 unspecified atom stereocenters. The Morgan fingerprint density at radius 2 is 1.71 bits per heavy atom. The van der Waals surface area contributed by atoms with Crippen molar-refractivity contribution in [2.24, 2.45) is 5.92 Å². The summed E-state index contributed by atoms with van der Waals surface area (Å²) in [6.07, 6.45) is 1.63. The predicted octanol–water partition coefficient (Wildman–Crippen LogP) is 3.43. The molecule has 0 saturated carbocycles. The van der Waals surface area contributed by atoms with Gasteiger partial charge in [0, 0.05) is 18.5 Å². The molecule has 0 aliphatic carbocycles. The number of carbonyl (C=O) groups is 2. The molecule has 21 heavy (non-hydrogen) atoms. The quantitative estimate of drug-likeness (QED) is 0.771. The van der Waals surface area contributed by atoms with E-state index in [4.69, 9.17) is 5.11 Å². The van der Waals surface area contributed by atoms with Gasteiger partial charge < -0.3 is 10.4 Å². The lowest BCUT2D eigenvalue weighted by atomic mass is 10.0. The Bertz CT molecular complexity index is 465. The zero-order chi connectivity index (χ0) is 15.8. The smallest absolute Gasteiger partial charge is 0.303 e. The number of hydrogen-bond donors (Lipinski definition) is 2. The number of carboxylic acids is 1. The molecule has 1 rings (SSSR count). The van der Waals surface area contributed by atoms with Crippen molar-refractivity contribution in [3.63, 3.8) is 0 Å². The minimum atomic E-state index is -0.767. The monoisotopic (exact) mass is 291 g/mol. The third-order valence-electron chi connectivity index (χ3n) is 3.61. The van der Waals surface area contributed by atoms with E-state index in [-0.39, 0.29) is 12.3 Å². The second-order valence-electron chi connectivity index (χ2n) is 5.86. The maximum absolute atomic E-state index is 12.0. The Hall–Kier alpha value is -1.84. The zero-order valence-corrected chi connectivity index (χ0v) is 13.1. The summed E-state index contributed by atoms with van der Waals surface area (Å²) in [5, 5.41) is 11.5. The lowest BCUT2D eigenvalue weighted by Crippen LogP contribution is -2.25. The molecule has 0 bridgehead atoms. The molecule has 0 aliphatic rings. The molecule has 1 aromatic carbocycles. The van der Waals surface area contributed by atoms with Crippen LogP contribution >= 0.6 is 0 Å². The Kier molecular flexibility index (Phi) is 6.92. The van der Waals surface area contributed by atoms with Crippen molar-refractivity contribution >= 4 is 11.9 Å². The Morgan fingerprint density at radius 1 is 1.10 bits per heavy atom. The van der Waals surface area contributed by atoms with Crippen LogP contribution in [0.5, 0.6) is 0 Å². The fraction of sp³-hybridized carbons (Fsp3) is 0.529. The molecule has 0 spiro atoms. The fourth-order valence-corrected chi connectivity index (χ4v) is 2.07. The molecule has 0 radical (unpaired) electrons. The van der Waals surface area contributed by atoms with Gasteiger partial charge in [0.25, 0.3) is 5.91 Å². The Labute approximate surface area is 126 Å². The van der Waals surface area contributed by atoms with Crippen molar-refractivity contribution in [2.75, 3.05) is 6.54 Å². The molecule has 1 atom stereocenters. The molecule has 4 heteroatoms.